The number of fused-ring (bicyclic) bond motifs is 1. The molecule has 48 heavy (non-hydrogen) atoms. The topological polar surface area (TPSA) is 101 Å². The summed E-state index contributed by atoms with van der Waals surface area (Å²) in [7, 11) is 0. The molecule has 7 heteroatoms. The molecule has 0 bridgehead atoms. The summed E-state index contributed by atoms with van der Waals surface area (Å²) in [6, 6.07) is 27.3. The summed E-state index contributed by atoms with van der Waals surface area (Å²) in [5.41, 5.74) is 5.87. The van der Waals surface area contributed by atoms with Gasteiger partial charge in [0.2, 0.25) is 11.8 Å². The van der Waals surface area contributed by atoms with Gasteiger partial charge in [-0.15, -0.1) is 0 Å². The highest BCUT2D eigenvalue weighted by molar-refractivity contribution is 6.06. The number of hydrogen-bond acceptors (Lipinski definition) is 6. The number of imide groups is 1. The minimum absolute atomic E-state index is 0.0549. The van der Waals surface area contributed by atoms with Crippen molar-refractivity contribution in [2.24, 2.45) is 23.7 Å². The number of amides is 2. The van der Waals surface area contributed by atoms with Crippen molar-refractivity contribution in [3.05, 3.63) is 113 Å². The Morgan fingerprint density at radius 2 is 1.60 bits per heavy atom. The molecule has 0 radical (unpaired) electrons. The van der Waals surface area contributed by atoms with Crippen LogP contribution in [0.15, 0.2) is 96.1 Å². The van der Waals surface area contributed by atoms with Crippen LogP contribution >= 0.6 is 0 Å². The Labute approximate surface area is 284 Å². The van der Waals surface area contributed by atoms with E-state index in [9.17, 15) is 24.9 Å². The van der Waals surface area contributed by atoms with Crippen molar-refractivity contribution in [3.63, 3.8) is 0 Å². The fraction of sp³-hybridized carbons (Fsp3) is 0.415. The molecule has 3 aromatic rings. The minimum Gasteiger partial charge on any atom is -0.508 e. The number of phenolic OH excluding ortho intramolecular Hbond substituents is 1. The lowest BCUT2D eigenvalue weighted by Gasteiger charge is -2.38. The number of allylic oxidation sites excluding steroid dienone is 2. The zero-order valence-corrected chi connectivity index (χ0v) is 28.0. The highest BCUT2D eigenvalue weighted by Crippen LogP contribution is 2.49. The third-order valence-electron chi connectivity index (χ3n) is 10.6. The second kappa shape index (κ2) is 15.0. The normalized spacial score (nSPS) is 23.2. The molecule has 2 amide bonds. The van der Waals surface area contributed by atoms with Crippen LogP contribution < -0.4 is 0 Å². The van der Waals surface area contributed by atoms with E-state index in [4.69, 9.17) is 0 Å². The van der Waals surface area contributed by atoms with E-state index < -0.39 is 23.9 Å². The number of carbonyl (C=O) groups is 2. The van der Waals surface area contributed by atoms with Gasteiger partial charge in [0.05, 0.1) is 24.5 Å². The Balaban J connectivity index is 1.20. The molecule has 3 aromatic carbocycles. The van der Waals surface area contributed by atoms with Crippen molar-refractivity contribution >= 4 is 23.5 Å². The SMILES string of the molecule is CC(C)C1=C([C@H](O)CC/C(=C/c2cccc(O)c2)c2ccccc2)[C@H](CO)[C@@H]2C(=O)N(C3CCN(Cc4ccccc4)CC3)C(=O)[C@@H]2C1. The third kappa shape index (κ3) is 7.19. The summed E-state index contributed by atoms with van der Waals surface area (Å²) in [5, 5.41) is 32.8. The number of piperidine rings is 1. The van der Waals surface area contributed by atoms with E-state index in [0.29, 0.717) is 19.3 Å². The Hall–Kier alpha value is -4.04. The number of rotatable bonds is 11. The predicted molar refractivity (Wildman–Crippen MR) is 188 cm³/mol. The number of aliphatic hydroxyl groups excluding tert-OH is 2. The fourth-order valence-electron chi connectivity index (χ4n) is 8.22. The maximum absolute atomic E-state index is 14.2. The zero-order valence-electron chi connectivity index (χ0n) is 28.0. The van der Waals surface area contributed by atoms with E-state index >= 15 is 0 Å². The Morgan fingerprint density at radius 1 is 0.917 bits per heavy atom. The smallest absolute Gasteiger partial charge is 0.234 e. The number of likely N-dealkylation sites (tertiary alicyclic amines) is 2. The van der Waals surface area contributed by atoms with Crippen molar-refractivity contribution in [2.45, 2.75) is 64.6 Å². The van der Waals surface area contributed by atoms with Gasteiger partial charge in [0.15, 0.2) is 0 Å². The van der Waals surface area contributed by atoms with Gasteiger partial charge in [-0.3, -0.25) is 19.4 Å². The maximum atomic E-state index is 14.2. The molecule has 0 saturated carbocycles. The van der Waals surface area contributed by atoms with Gasteiger partial charge < -0.3 is 15.3 Å². The molecule has 3 N–H and O–H groups in total. The van der Waals surface area contributed by atoms with E-state index in [1.54, 1.807) is 18.2 Å². The third-order valence-corrected chi connectivity index (χ3v) is 10.6. The van der Waals surface area contributed by atoms with Gasteiger partial charge in [0.1, 0.15) is 5.75 Å². The van der Waals surface area contributed by atoms with Gasteiger partial charge in [0.25, 0.3) is 0 Å². The van der Waals surface area contributed by atoms with Crippen molar-refractivity contribution in [1.29, 1.82) is 0 Å². The number of carbonyl (C=O) groups excluding carboxylic acids is 2. The second-order valence-electron chi connectivity index (χ2n) is 14.0. The van der Waals surface area contributed by atoms with Crippen molar-refractivity contribution in [2.75, 3.05) is 19.7 Å². The van der Waals surface area contributed by atoms with Gasteiger partial charge in [-0.2, -0.15) is 0 Å². The average molecular weight is 649 g/mol. The van der Waals surface area contributed by atoms with Crippen LogP contribution in [-0.4, -0.2) is 68.8 Å². The Morgan fingerprint density at radius 3 is 2.25 bits per heavy atom. The first-order valence-electron chi connectivity index (χ1n) is 17.4. The van der Waals surface area contributed by atoms with Crippen LogP contribution in [0, 0.1) is 23.7 Å². The van der Waals surface area contributed by atoms with E-state index in [1.807, 2.05) is 60.7 Å². The van der Waals surface area contributed by atoms with Crippen LogP contribution in [-0.2, 0) is 16.1 Å². The number of phenols is 1. The first-order valence-corrected chi connectivity index (χ1v) is 17.4. The molecule has 2 heterocycles. The van der Waals surface area contributed by atoms with Gasteiger partial charge in [0, 0.05) is 31.6 Å². The van der Waals surface area contributed by atoms with Crippen LogP contribution in [0.25, 0.3) is 11.6 Å². The number of benzene rings is 3. The molecular weight excluding hydrogens is 600 g/mol. The average Bonchev–Trinajstić information content (AvgIpc) is 3.35. The number of nitrogens with zero attached hydrogens (tertiary/aromatic N) is 2. The van der Waals surface area contributed by atoms with Crippen LogP contribution in [0.2, 0.25) is 0 Å². The van der Waals surface area contributed by atoms with Crippen LogP contribution in [0.1, 0.15) is 62.6 Å². The predicted octanol–water partition coefficient (Wildman–Crippen LogP) is 6.30. The molecule has 2 aliphatic heterocycles. The summed E-state index contributed by atoms with van der Waals surface area (Å²) in [4.78, 5) is 32.1. The lowest BCUT2D eigenvalue weighted by atomic mass is 9.66. The molecule has 2 saturated heterocycles. The molecule has 3 aliphatic rings. The summed E-state index contributed by atoms with van der Waals surface area (Å²) in [5.74, 6) is -1.83. The van der Waals surface area contributed by atoms with Gasteiger partial charge in [-0.25, -0.2) is 0 Å². The molecule has 7 nitrogen and oxygen atoms in total. The van der Waals surface area contributed by atoms with Crippen molar-refractivity contribution in [1.82, 2.24) is 9.80 Å². The number of aromatic hydroxyl groups is 1. The Bertz CT molecular complexity index is 1640. The first-order chi connectivity index (χ1) is 23.2. The fourth-order valence-corrected chi connectivity index (χ4v) is 8.22. The first kappa shape index (κ1) is 33.8. The highest BCUT2D eigenvalue weighted by Gasteiger charge is 2.56. The quantitative estimate of drug-likeness (QED) is 0.128. The summed E-state index contributed by atoms with van der Waals surface area (Å²) in [6.07, 6.45) is 4.00. The standard InChI is InChI=1S/C41H48N2O5/c1-27(2)34-24-35-39(41(48)43(40(35)47)32-18-20-42(21-19-32)25-28-10-5-3-6-11-28)36(26-44)38(34)37(46)17-16-31(30-13-7-4-8-14-30)22-29-12-9-15-33(45)23-29/h3-15,22-23,27,32,35-37,39,44-46H,16-21,24-26H2,1-2H3/b31-22-/t35-,36+,37-,39-/m1/s1. The van der Waals surface area contributed by atoms with Gasteiger partial charge in [-0.1, -0.05) is 98.3 Å². The number of aliphatic hydroxyl groups is 2. The molecule has 1 aliphatic carbocycles. The molecule has 252 valence electrons. The summed E-state index contributed by atoms with van der Waals surface area (Å²) in [6.45, 7) is 6.32. The molecule has 0 unspecified atom stereocenters. The van der Waals surface area contributed by atoms with Crippen LogP contribution in [0.4, 0.5) is 0 Å². The lowest BCUT2D eigenvalue weighted by molar-refractivity contribution is -0.144. The van der Waals surface area contributed by atoms with E-state index in [2.05, 4.69) is 30.9 Å². The second-order valence-corrected chi connectivity index (χ2v) is 14.0. The van der Waals surface area contributed by atoms with E-state index in [-0.39, 0.29) is 36.1 Å². The molecule has 0 spiro atoms. The molecule has 6 rings (SSSR count). The lowest BCUT2D eigenvalue weighted by Crippen LogP contribution is -2.47. The summed E-state index contributed by atoms with van der Waals surface area (Å²) < 4.78 is 0. The highest BCUT2D eigenvalue weighted by atomic mass is 16.3. The monoisotopic (exact) mass is 648 g/mol. The maximum Gasteiger partial charge on any atom is 0.234 e. The largest absolute Gasteiger partial charge is 0.508 e. The van der Waals surface area contributed by atoms with Gasteiger partial charge in [-0.05, 0) is 78.0 Å². The Kier molecular flexibility index (Phi) is 10.6. The molecule has 4 atom stereocenters. The van der Waals surface area contributed by atoms with E-state index in [1.165, 1.54) is 10.5 Å². The van der Waals surface area contributed by atoms with E-state index in [0.717, 1.165) is 60.3 Å². The molecule has 0 aromatic heterocycles. The summed E-state index contributed by atoms with van der Waals surface area (Å²) >= 11 is 0. The van der Waals surface area contributed by atoms with Crippen LogP contribution in [0.3, 0.4) is 0 Å². The van der Waals surface area contributed by atoms with Gasteiger partial charge >= 0.3 is 0 Å². The van der Waals surface area contributed by atoms with Crippen molar-refractivity contribution in [3.8, 4) is 5.75 Å². The molecule has 2 fully saturated rings. The zero-order chi connectivity index (χ0) is 33.8. The number of hydrogen-bond donors (Lipinski definition) is 3. The minimum atomic E-state index is -0.880. The molecular formula is C41H48N2O5. The van der Waals surface area contributed by atoms with Crippen LogP contribution in [0.5, 0.6) is 5.75 Å². The van der Waals surface area contributed by atoms with Crippen molar-refractivity contribution < 1.29 is 24.9 Å².